The molecule has 0 aliphatic heterocycles. The molecule has 3 rings (SSSR count). The zero-order valence-electron chi connectivity index (χ0n) is 17.0. The maximum absolute atomic E-state index is 12.7. The van der Waals surface area contributed by atoms with Gasteiger partial charge in [-0.15, -0.1) is 11.3 Å². The number of carbonyl (C=O) groups is 1. The van der Waals surface area contributed by atoms with Gasteiger partial charge in [0.05, 0.1) is 7.11 Å². The minimum atomic E-state index is -0.625. The Bertz CT molecular complexity index is 937. The van der Waals surface area contributed by atoms with Crippen molar-refractivity contribution in [1.82, 2.24) is 4.98 Å². The zero-order valence-corrected chi connectivity index (χ0v) is 17.8. The minimum Gasteiger partial charge on any atom is -0.493 e. The monoisotopic (exact) mass is 410 g/mol. The first-order chi connectivity index (χ1) is 14.1. The number of para-hydroxylation sites is 2. The highest BCUT2D eigenvalue weighted by Crippen LogP contribution is 2.28. The number of nitrogens with one attached hydrogen (secondary N) is 1. The standard InChI is InChI=1S/C23H26N2O3S/c1-4-16-10-12-17(13-11-16)14-18-15-24-23(29-18)25-22(26)19(5-2)28-21-9-7-6-8-20(21)27-3/h6-13,15,19H,4-5,14H2,1-3H3,(H,24,25,26). The number of nitrogens with zero attached hydrogens (tertiary/aromatic N) is 1. The number of methoxy groups -OCH3 is 1. The first-order valence-electron chi connectivity index (χ1n) is 9.76. The van der Waals surface area contributed by atoms with Gasteiger partial charge >= 0.3 is 0 Å². The van der Waals surface area contributed by atoms with Gasteiger partial charge in [0.2, 0.25) is 0 Å². The van der Waals surface area contributed by atoms with Gasteiger partial charge in [0.25, 0.3) is 5.91 Å². The minimum absolute atomic E-state index is 0.216. The number of anilines is 1. The predicted molar refractivity (Wildman–Crippen MR) is 117 cm³/mol. The lowest BCUT2D eigenvalue weighted by Crippen LogP contribution is -2.32. The highest BCUT2D eigenvalue weighted by molar-refractivity contribution is 7.15. The normalized spacial score (nSPS) is 11.7. The third-order valence-corrected chi connectivity index (χ3v) is 5.51. The summed E-state index contributed by atoms with van der Waals surface area (Å²) in [6.07, 6.45) is 3.56. The summed E-state index contributed by atoms with van der Waals surface area (Å²) in [6, 6.07) is 15.9. The third kappa shape index (κ3) is 5.57. The molecule has 1 amide bonds. The van der Waals surface area contributed by atoms with Crippen LogP contribution >= 0.6 is 11.3 Å². The first kappa shape index (κ1) is 20.9. The van der Waals surface area contributed by atoms with Crippen molar-refractivity contribution in [3.63, 3.8) is 0 Å². The van der Waals surface area contributed by atoms with Crippen molar-refractivity contribution in [3.8, 4) is 11.5 Å². The maximum Gasteiger partial charge on any atom is 0.267 e. The molecule has 0 spiro atoms. The molecule has 2 aromatic carbocycles. The van der Waals surface area contributed by atoms with E-state index in [1.54, 1.807) is 19.2 Å². The van der Waals surface area contributed by atoms with E-state index in [-0.39, 0.29) is 5.91 Å². The number of hydrogen-bond donors (Lipinski definition) is 1. The summed E-state index contributed by atoms with van der Waals surface area (Å²) in [6.45, 7) is 4.06. The molecule has 1 heterocycles. The molecule has 0 radical (unpaired) electrons. The molecule has 0 bridgehead atoms. The van der Waals surface area contributed by atoms with Crippen LogP contribution in [0.1, 0.15) is 36.3 Å². The summed E-state index contributed by atoms with van der Waals surface area (Å²) in [5, 5.41) is 3.46. The van der Waals surface area contributed by atoms with E-state index in [4.69, 9.17) is 9.47 Å². The van der Waals surface area contributed by atoms with Crippen LogP contribution in [0, 0.1) is 0 Å². The Labute approximate surface area is 175 Å². The van der Waals surface area contributed by atoms with Gasteiger partial charge in [-0.05, 0) is 36.1 Å². The molecule has 1 atom stereocenters. The predicted octanol–water partition coefficient (Wildman–Crippen LogP) is 5.10. The van der Waals surface area contributed by atoms with Crippen LogP contribution in [0.5, 0.6) is 11.5 Å². The van der Waals surface area contributed by atoms with Crippen LogP contribution < -0.4 is 14.8 Å². The van der Waals surface area contributed by atoms with E-state index in [9.17, 15) is 4.79 Å². The number of carbonyl (C=O) groups excluding carboxylic acids is 1. The van der Waals surface area contributed by atoms with Gasteiger partial charge in [0.15, 0.2) is 22.7 Å². The van der Waals surface area contributed by atoms with Crippen molar-refractivity contribution < 1.29 is 14.3 Å². The summed E-state index contributed by atoms with van der Waals surface area (Å²) in [5.74, 6) is 0.934. The number of ether oxygens (including phenoxy) is 2. The zero-order chi connectivity index (χ0) is 20.6. The van der Waals surface area contributed by atoms with Crippen molar-refractivity contribution in [2.75, 3.05) is 12.4 Å². The number of thiazole rings is 1. The Balaban J connectivity index is 1.62. The van der Waals surface area contributed by atoms with Crippen LogP contribution in [0.25, 0.3) is 0 Å². The van der Waals surface area contributed by atoms with Crippen molar-refractivity contribution in [1.29, 1.82) is 0 Å². The molecular formula is C23H26N2O3S. The second kappa shape index (κ2) is 10.1. The quantitative estimate of drug-likeness (QED) is 0.533. The Morgan fingerprint density at radius 3 is 2.41 bits per heavy atom. The SMILES string of the molecule is CCc1ccc(Cc2cnc(NC(=O)C(CC)Oc3ccccc3OC)s2)cc1. The maximum atomic E-state index is 12.7. The van der Waals surface area contributed by atoms with Gasteiger partial charge < -0.3 is 9.47 Å². The molecule has 3 aromatic rings. The van der Waals surface area contributed by atoms with Gasteiger partial charge in [-0.1, -0.05) is 50.2 Å². The van der Waals surface area contributed by atoms with Crippen molar-refractivity contribution in [2.45, 2.75) is 39.2 Å². The van der Waals surface area contributed by atoms with E-state index >= 15 is 0 Å². The van der Waals surface area contributed by atoms with Crippen molar-refractivity contribution in [2.24, 2.45) is 0 Å². The van der Waals surface area contributed by atoms with E-state index < -0.39 is 6.10 Å². The summed E-state index contributed by atoms with van der Waals surface area (Å²) >= 11 is 1.48. The molecule has 0 fully saturated rings. The highest BCUT2D eigenvalue weighted by Gasteiger charge is 2.21. The van der Waals surface area contributed by atoms with Gasteiger partial charge in [-0.3, -0.25) is 10.1 Å². The number of aromatic nitrogens is 1. The second-order valence-electron chi connectivity index (χ2n) is 6.63. The lowest BCUT2D eigenvalue weighted by Gasteiger charge is -2.18. The third-order valence-electron chi connectivity index (χ3n) is 4.59. The highest BCUT2D eigenvalue weighted by atomic mass is 32.1. The van der Waals surface area contributed by atoms with Crippen LogP contribution in [0.3, 0.4) is 0 Å². The first-order valence-corrected chi connectivity index (χ1v) is 10.6. The Morgan fingerprint density at radius 2 is 1.76 bits per heavy atom. The molecule has 0 saturated heterocycles. The average Bonchev–Trinajstić information content (AvgIpc) is 3.19. The molecule has 1 aromatic heterocycles. The fourth-order valence-electron chi connectivity index (χ4n) is 2.92. The molecule has 6 heteroatoms. The number of hydrogen-bond acceptors (Lipinski definition) is 5. The molecule has 152 valence electrons. The number of benzene rings is 2. The molecule has 0 aliphatic rings. The van der Waals surface area contributed by atoms with Gasteiger partial charge in [-0.25, -0.2) is 4.98 Å². The van der Waals surface area contributed by atoms with E-state index in [1.165, 1.54) is 22.5 Å². The molecule has 0 saturated carbocycles. The molecule has 1 N–H and O–H groups in total. The summed E-state index contributed by atoms with van der Waals surface area (Å²) in [7, 11) is 1.58. The topological polar surface area (TPSA) is 60.5 Å². The summed E-state index contributed by atoms with van der Waals surface area (Å²) < 4.78 is 11.2. The van der Waals surface area contributed by atoms with E-state index in [1.807, 2.05) is 25.3 Å². The van der Waals surface area contributed by atoms with Crippen LogP contribution in [0.4, 0.5) is 5.13 Å². The number of amides is 1. The summed E-state index contributed by atoms with van der Waals surface area (Å²) in [5.41, 5.74) is 2.56. The van der Waals surface area contributed by atoms with Crippen molar-refractivity contribution >= 4 is 22.4 Å². The molecule has 1 unspecified atom stereocenters. The van der Waals surface area contributed by atoms with Crippen molar-refractivity contribution in [3.05, 3.63) is 70.7 Å². The van der Waals surface area contributed by atoms with Gasteiger partial charge in [0.1, 0.15) is 0 Å². The van der Waals surface area contributed by atoms with Crippen LogP contribution in [0.15, 0.2) is 54.7 Å². The largest absolute Gasteiger partial charge is 0.493 e. The van der Waals surface area contributed by atoms with E-state index in [2.05, 4.69) is 41.5 Å². The Morgan fingerprint density at radius 1 is 1.07 bits per heavy atom. The van der Waals surface area contributed by atoms with Gasteiger partial charge in [0, 0.05) is 17.5 Å². The molecule has 29 heavy (non-hydrogen) atoms. The molecule has 0 aliphatic carbocycles. The van der Waals surface area contributed by atoms with Crippen LogP contribution in [-0.2, 0) is 17.6 Å². The lowest BCUT2D eigenvalue weighted by atomic mass is 10.1. The Kier molecular flexibility index (Phi) is 7.25. The van der Waals surface area contributed by atoms with Crippen LogP contribution in [-0.4, -0.2) is 24.1 Å². The fraction of sp³-hybridized carbons (Fsp3) is 0.304. The number of aryl methyl sites for hydroxylation is 1. The molecular weight excluding hydrogens is 384 g/mol. The smallest absolute Gasteiger partial charge is 0.267 e. The summed E-state index contributed by atoms with van der Waals surface area (Å²) in [4.78, 5) is 18.1. The molecule has 5 nitrogen and oxygen atoms in total. The van der Waals surface area contributed by atoms with Crippen LogP contribution in [0.2, 0.25) is 0 Å². The number of rotatable bonds is 9. The van der Waals surface area contributed by atoms with Gasteiger partial charge in [-0.2, -0.15) is 0 Å². The van der Waals surface area contributed by atoms with E-state index in [0.717, 1.165) is 17.7 Å². The second-order valence-corrected chi connectivity index (χ2v) is 7.75. The van der Waals surface area contributed by atoms with E-state index in [0.29, 0.717) is 23.1 Å². The average molecular weight is 411 g/mol. The fourth-order valence-corrected chi connectivity index (χ4v) is 3.77. The Hall–Kier alpha value is -2.86. The lowest BCUT2D eigenvalue weighted by molar-refractivity contribution is -0.122.